The Labute approximate surface area is 167 Å². The number of hydrogen-bond donors (Lipinski definition) is 1. The van der Waals surface area contributed by atoms with Crippen molar-refractivity contribution >= 4 is 15.9 Å². The van der Waals surface area contributed by atoms with Gasteiger partial charge in [0.25, 0.3) is 5.91 Å². The number of ether oxygens (including phenoxy) is 3. The van der Waals surface area contributed by atoms with Crippen molar-refractivity contribution in [3.05, 3.63) is 17.7 Å². The van der Waals surface area contributed by atoms with Crippen molar-refractivity contribution in [2.75, 3.05) is 40.2 Å². The number of benzene rings is 1. The van der Waals surface area contributed by atoms with Gasteiger partial charge in [0.05, 0.1) is 27.1 Å². The lowest BCUT2D eigenvalue weighted by Gasteiger charge is -2.30. The van der Waals surface area contributed by atoms with E-state index in [0.717, 1.165) is 12.8 Å². The van der Waals surface area contributed by atoms with Crippen molar-refractivity contribution in [3.8, 4) is 17.2 Å². The van der Waals surface area contributed by atoms with Crippen molar-refractivity contribution in [2.24, 2.45) is 0 Å². The van der Waals surface area contributed by atoms with E-state index in [1.807, 2.05) is 0 Å². The van der Waals surface area contributed by atoms with Gasteiger partial charge in [0.1, 0.15) is 0 Å². The number of carbonyl (C=O) groups excluding carboxylic acids is 1. The fourth-order valence-electron chi connectivity index (χ4n) is 3.07. The van der Waals surface area contributed by atoms with Gasteiger partial charge in [-0.15, -0.1) is 0 Å². The Morgan fingerprint density at radius 1 is 1.18 bits per heavy atom. The third-order valence-corrected chi connectivity index (χ3v) is 6.03. The minimum Gasteiger partial charge on any atom is -0.493 e. The molecule has 158 valence electrons. The summed E-state index contributed by atoms with van der Waals surface area (Å²) in [6.07, 6.45) is 4.26. The van der Waals surface area contributed by atoms with Crippen molar-refractivity contribution in [3.63, 3.8) is 0 Å². The monoisotopic (exact) mass is 414 g/mol. The molecule has 8 nitrogen and oxygen atoms in total. The molecule has 0 aliphatic carbocycles. The zero-order chi connectivity index (χ0) is 20.7. The molecule has 0 bridgehead atoms. The maximum absolute atomic E-state index is 12.7. The summed E-state index contributed by atoms with van der Waals surface area (Å²) in [5.41, 5.74) is 0.405. The zero-order valence-electron chi connectivity index (χ0n) is 17.0. The predicted molar refractivity (Wildman–Crippen MR) is 107 cm³/mol. The summed E-state index contributed by atoms with van der Waals surface area (Å²) in [7, 11) is -0.153. The fraction of sp³-hybridized carbons (Fsp3) is 0.632. The molecule has 1 amide bonds. The van der Waals surface area contributed by atoms with Gasteiger partial charge in [0.2, 0.25) is 15.8 Å². The largest absolute Gasteiger partial charge is 0.493 e. The maximum atomic E-state index is 12.7. The minimum atomic E-state index is -3.19. The highest BCUT2D eigenvalue weighted by molar-refractivity contribution is 7.88. The van der Waals surface area contributed by atoms with Crippen molar-refractivity contribution < 1.29 is 27.4 Å². The first kappa shape index (κ1) is 22.3. The van der Waals surface area contributed by atoms with E-state index < -0.39 is 10.0 Å². The van der Waals surface area contributed by atoms with Crippen LogP contribution in [0.1, 0.15) is 43.0 Å². The van der Waals surface area contributed by atoms with Gasteiger partial charge in [-0.3, -0.25) is 4.79 Å². The fourth-order valence-corrected chi connectivity index (χ4v) is 3.95. The number of carbonyl (C=O) groups is 1. The van der Waals surface area contributed by atoms with Gasteiger partial charge < -0.3 is 19.5 Å². The summed E-state index contributed by atoms with van der Waals surface area (Å²) in [5.74, 6) is 1.10. The summed E-state index contributed by atoms with van der Waals surface area (Å²) in [6.45, 7) is 3.42. The Balaban J connectivity index is 2.09. The molecular formula is C19H30N2O6S. The molecule has 0 unspecified atom stereocenters. The van der Waals surface area contributed by atoms with Gasteiger partial charge in [0.15, 0.2) is 11.5 Å². The number of hydrogen-bond acceptors (Lipinski definition) is 6. The SMILES string of the molecule is CCCCOc1c(OC)cc(C(=O)NC2CCN(S(C)(=O)=O)CC2)cc1OC. The van der Waals surface area contributed by atoms with E-state index >= 15 is 0 Å². The molecule has 0 spiro atoms. The van der Waals surface area contributed by atoms with E-state index in [4.69, 9.17) is 14.2 Å². The first-order chi connectivity index (χ1) is 13.3. The van der Waals surface area contributed by atoms with Crippen LogP contribution in [0.25, 0.3) is 0 Å². The number of unbranched alkanes of at least 4 members (excludes halogenated alkanes) is 1. The molecule has 1 aliphatic heterocycles. The molecule has 0 saturated carbocycles. The predicted octanol–water partition coefficient (Wildman–Crippen LogP) is 2.04. The van der Waals surface area contributed by atoms with Crippen LogP contribution < -0.4 is 19.5 Å². The number of methoxy groups -OCH3 is 2. The van der Waals surface area contributed by atoms with Crippen LogP contribution in [0.3, 0.4) is 0 Å². The summed E-state index contributed by atoms with van der Waals surface area (Å²) >= 11 is 0. The van der Waals surface area contributed by atoms with Gasteiger partial charge in [-0.2, -0.15) is 0 Å². The molecule has 2 rings (SSSR count). The van der Waals surface area contributed by atoms with Gasteiger partial charge in [-0.1, -0.05) is 13.3 Å². The molecule has 9 heteroatoms. The Hall–Kier alpha value is -2.00. The van der Waals surface area contributed by atoms with Crippen LogP contribution in [0.2, 0.25) is 0 Å². The standard InChI is InChI=1S/C19H30N2O6S/c1-5-6-11-27-18-16(25-2)12-14(13-17(18)26-3)19(22)20-15-7-9-21(10-8-15)28(4,23)24/h12-13,15H,5-11H2,1-4H3,(H,20,22). The van der Waals surface area contributed by atoms with Crippen LogP contribution in [-0.4, -0.2) is 64.8 Å². The number of rotatable bonds is 9. The lowest BCUT2D eigenvalue weighted by molar-refractivity contribution is 0.0923. The Morgan fingerprint density at radius 3 is 2.21 bits per heavy atom. The maximum Gasteiger partial charge on any atom is 0.251 e. The molecule has 1 N–H and O–H groups in total. The third kappa shape index (κ3) is 5.75. The Kier molecular flexibility index (Phi) is 7.94. The van der Waals surface area contributed by atoms with Gasteiger partial charge >= 0.3 is 0 Å². The molecule has 1 saturated heterocycles. The van der Waals surface area contributed by atoms with Crippen molar-refractivity contribution in [2.45, 2.75) is 38.6 Å². The second-order valence-electron chi connectivity index (χ2n) is 6.82. The van der Waals surface area contributed by atoms with E-state index in [2.05, 4.69) is 12.2 Å². The normalized spacial score (nSPS) is 15.9. The molecule has 1 aromatic carbocycles. The number of piperidine rings is 1. The number of amides is 1. The molecule has 1 fully saturated rings. The van der Waals surface area contributed by atoms with Crippen molar-refractivity contribution in [1.29, 1.82) is 0 Å². The van der Waals surface area contributed by atoms with Crippen LogP contribution in [0.15, 0.2) is 12.1 Å². The molecule has 1 aromatic rings. The van der Waals surface area contributed by atoms with Crippen LogP contribution >= 0.6 is 0 Å². The minimum absolute atomic E-state index is 0.0806. The molecular weight excluding hydrogens is 384 g/mol. The Morgan fingerprint density at radius 2 is 1.75 bits per heavy atom. The number of sulfonamides is 1. The van der Waals surface area contributed by atoms with E-state index in [1.54, 1.807) is 12.1 Å². The summed E-state index contributed by atoms with van der Waals surface area (Å²) in [4.78, 5) is 12.7. The van der Waals surface area contributed by atoms with Crippen LogP contribution in [-0.2, 0) is 10.0 Å². The van der Waals surface area contributed by atoms with Crippen LogP contribution in [0.5, 0.6) is 17.2 Å². The van der Waals surface area contributed by atoms with E-state index in [1.165, 1.54) is 24.8 Å². The molecule has 0 radical (unpaired) electrons. The Bertz CT molecular complexity index is 748. The second-order valence-corrected chi connectivity index (χ2v) is 8.80. The summed E-state index contributed by atoms with van der Waals surface area (Å²) in [6, 6.07) is 3.18. The lowest BCUT2D eigenvalue weighted by atomic mass is 10.1. The summed E-state index contributed by atoms with van der Waals surface area (Å²) in [5, 5.41) is 2.97. The van der Waals surface area contributed by atoms with Crippen molar-refractivity contribution in [1.82, 2.24) is 9.62 Å². The molecule has 0 aromatic heterocycles. The molecule has 1 aliphatic rings. The first-order valence-corrected chi connectivity index (χ1v) is 11.3. The highest BCUT2D eigenvalue weighted by atomic mass is 32.2. The zero-order valence-corrected chi connectivity index (χ0v) is 17.8. The van der Waals surface area contributed by atoms with Gasteiger partial charge in [-0.25, -0.2) is 12.7 Å². The lowest BCUT2D eigenvalue weighted by Crippen LogP contribution is -2.46. The molecule has 1 heterocycles. The topological polar surface area (TPSA) is 94.2 Å². The van der Waals surface area contributed by atoms with Gasteiger partial charge in [0, 0.05) is 24.7 Å². The van der Waals surface area contributed by atoms with Gasteiger partial charge in [-0.05, 0) is 31.4 Å². The number of nitrogens with zero attached hydrogens (tertiary/aromatic N) is 1. The average Bonchev–Trinajstić information content (AvgIpc) is 2.67. The van der Waals surface area contributed by atoms with Crippen LogP contribution in [0.4, 0.5) is 0 Å². The third-order valence-electron chi connectivity index (χ3n) is 4.73. The van der Waals surface area contributed by atoms with Crippen LogP contribution in [0, 0.1) is 0 Å². The first-order valence-electron chi connectivity index (χ1n) is 9.45. The van der Waals surface area contributed by atoms with E-state index in [-0.39, 0.29) is 11.9 Å². The quantitative estimate of drug-likeness (QED) is 0.622. The molecule has 0 atom stereocenters. The highest BCUT2D eigenvalue weighted by Crippen LogP contribution is 2.38. The average molecular weight is 415 g/mol. The number of nitrogens with one attached hydrogen (secondary N) is 1. The smallest absolute Gasteiger partial charge is 0.251 e. The van der Waals surface area contributed by atoms with E-state index in [0.29, 0.717) is 55.4 Å². The second kappa shape index (κ2) is 9.97. The highest BCUT2D eigenvalue weighted by Gasteiger charge is 2.26. The summed E-state index contributed by atoms with van der Waals surface area (Å²) < 4.78 is 41.2. The van der Waals surface area contributed by atoms with E-state index in [9.17, 15) is 13.2 Å². The molecule has 28 heavy (non-hydrogen) atoms.